The van der Waals surface area contributed by atoms with Gasteiger partial charge in [-0.2, -0.15) is 9.97 Å². The molecule has 8 nitrogen and oxygen atoms in total. The zero-order valence-corrected chi connectivity index (χ0v) is 14.0. The van der Waals surface area contributed by atoms with Crippen LogP contribution in [0.25, 0.3) is 5.70 Å². The summed E-state index contributed by atoms with van der Waals surface area (Å²) in [4.78, 5) is 7.37. The lowest BCUT2D eigenvalue weighted by atomic mass is 10.2. The van der Waals surface area contributed by atoms with Crippen molar-refractivity contribution < 1.29 is 19.1 Å². The smallest absolute Gasteiger partial charge is 0.218 e. The molecule has 2 heterocycles. The monoisotopic (exact) mass is 359 g/mol. The number of alkyl halides is 1. The van der Waals surface area contributed by atoms with E-state index in [9.17, 15) is 14.6 Å². The number of aromatic hydroxyl groups is 2. The van der Waals surface area contributed by atoms with E-state index < -0.39 is 18.4 Å². The quantitative estimate of drug-likeness (QED) is 0.421. The molecule has 0 atom stereocenters. The van der Waals surface area contributed by atoms with Gasteiger partial charge in [-0.25, -0.2) is 4.39 Å². The van der Waals surface area contributed by atoms with Crippen molar-refractivity contribution in [1.82, 2.24) is 20.4 Å². The third-order valence-electron chi connectivity index (χ3n) is 3.14. The molecule has 0 fully saturated rings. The van der Waals surface area contributed by atoms with Gasteiger partial charge in [0.25, 0.3) is 0 Å². The maximum Gasteiger partial charge on any atom is 0.218 e. The molecule has 0 aliphatic heterocycles. The molecule has 0 unspecified atom stereocenters. The third kappa shape index (κ3) is 5.26. The molecule has 0 aliphatic carbocycles. The van der Waals surface area contributed by atoms with Crippen LogP contribution in [0.2, 0.25) is 0 Å². The minimum Gasteiger partial charge on any atom is -0.493 e. The van der Waals surface area contributed by atoms with Crippen LogP contribution in [0, 0.1) is 5.41 Å². The number of rotatable bonds is 8. The second kappa shape index (κ2) is 9.11. The van der Waals surface area contributed by atoms with Crippen LogP contribution in [-0.2, 0) is 0 Å². The van der Waals surface area contributed by atoms with Crippen LogP contribution in [-0.4, -0.2) is 44.3 Å². The summed E-state index contributed by atoms with van der Waals surface area (Å²) in [6.07, 6.45) is 7.86. The molecule has 2 rings (SSSR count). The molecular formula is C17H18FN5O3. The largest absolute Gasteiger partial charge is 0.493 e. The van der Waals surface area contributed by atoms with Gasteiger partial charge >= 0.3 is 0 Å². The normalized spacial score (nSPS) is 12.5. The number of hydrogen-bond acceptors (Lipinski definition) is 8. The summed E-state index contributed by atoms with van der Waals surface area (Å²) in [5.41, 5.74) is 1.06. The average molecular weight is 359 g/mol. The topological polar surface area (TPSA) is 128 Å². The molecule has 0 amide bonds. The molecule has 0 aliphatic rings. The van der Waals surface area contributed by atoms with Crippen molar-refractivity contribution in [3.05, 3.63) is 59.8 Å². The van der Waals surface area contributed by atoms with E-state index in [2.05, 4.69) is 20.4 Å². The summed E-state index contributed by atoms with van der Waals surface area (Å²) in [7, 11) is 0. The van der Waals surface area contributed by atoms with Gasteiger partial charge in [-0.1, -0.05) is 23.4 Å². The average Bonchev–Trinajstić information content (AvgIpc) is 3.14. The maximum absolute atomic E-state index is 13.1. The highest BCUT2D eigenvalue weighted by atomic mass is 19.1. The van der Waals surface area contributed by atoms with E-state index in [-0.39, 0.29) is 18.1 Å². The lowest BCUT2D eigenvalue weighted by molar-refractivity contribution is 0.417. The maximum atomic E-state index is 13.1. The fraction of sp³-hybridized carbons (Fsp3) is 0.176. The highest BCUT2D eigenvalue weighted by Gasteiger charge is 2.11. The summed E-state index contributed by atoms with van der Waals surface area (Å²) in [6.45, 7) is 1.37. The Hall–Kier alpha value is -3.49. The predicted molar refractivity (Wildman–Crippen MR) is 93.5 cm³/mol. The molecule has 26 heavy (non-hydrogen) atoms. The van der Waals surface area contributed by atoms with Gasteiger partial charge in [0, 0.05) is 12.6 Å². The molecule has 0 aromatic carbocycles. The Kier molecular flexibility index (Phi) is 6.60. The van der Waals surface area contributed by atoms with Crippen molar-refractivity contribution in [1.29, 1.82) is 5.41 Å². The number of allylic oxidation sites excluding steroid dienone is 4. The fourth-order valence-corrected chi connectivity index (χ4v) is 1.91. The lowest BCUT2D eigenvalue weighted by Gasteiger charge is -2.10. The number of aromatic nitrogens is 3. The van der Waals surface area contributed by atoms with E-state index >= 15 is 0 Å². The minimum absolute atomic E-state index is 0.180. The van der Waals surface area contributed by atoms with Crippen molar-refractivity contribution in [3.8, 4) is 11.8 Å². The Labute approximate surface area is 148 Å². The summed E-state index contributed by atoms with van der Waals surface area (Å²) in [6, 6.07) is 2.52. The first-order chi connectivity index (χ1) is 12.5. The molecule has 0 bridgehead atoms. The van der Waals surface area contributed by atoms with Gasteiger partial charge in [-0.15, -0.1) is 0 Å². The minimum atomic E-state index is -0.635. The van der Waals surface area contributed by atoms with Crippen molar-refractivity contribution in [2.24, 2.45) is 0 Å². The first-order valence-corrected chi connectivity index (χ1v) is 7.62. The second-order valence-electron chi connectivity index (χ2n) is 5.10. The SMILES string of the molecule is C/C=C\C=C(/CF)CN/C(=C\C(=N)c1nc(O)cc(O)n1)c1ccon1. The van der Waals surface area contributed by atoms with E-state index in [1.165, 1.54) is 12.3 Å². The van der Waals surface area contributed by atoms with Gasteiger partial charge in [-0.3, -0.25) is 5.41 Å². The zero-order chi connectivity index (χ0) is 18.9. The highest BCUT2D eigenvalue weighted by Crippen LogP contribution is 2.15. The number of hydrogen-bond donors (Lipinski definition) is 4. The van der Waals surface area contributed by atoms with Crippen LogP contribution < -0.4 is 5.32 Å². The van der Waals surface area contributed by atoms with Gasteiger partial charge in [0.05, 0.1) is 11.8 Å². The van der Waals surface area contributed by atoms with Gasteiger partial charge in [-0.05, 0) is 18.6 Å². The Morgan fingerprint density at radius 3 is 2.65 bits per heavy atom. The van der Waals surface area contributed by atoms with E-state index in [4.69, 9.17) is 9.93 Å². The molecule has 0 saturated heterocycles. The molecule has 9 heteroatoms. The van der Waals surface area contributed by atoms with Crippen LogP contribution in [0.15, 0.2) is 52.8 Å². The summed E-state index contributed by atoms with van der Waals surface area (Å²) >= 11 is 0. The Balaban J connectivity index is 2.27. The Bertz CT molecular complexity index is 824. The van der Waals surface area contributed by atoms with E-state index in [1.54, 1.807) is 24.3 Å². The number of halogens is 1. The van der Waals surface area contributed by atoms with Crippen molar-refractivity contribution in [3.63, 3.8) is 0 Å². The lowest BCUT2D eigenvalue weighted by Crippen LogP contribution is -2.18. The second-order valence-corrected chi connectivity index (χ2v) is 5.10. The van der Waals surface area contributed by atoms with Gasteiger partial charge < -0.3 is 20.1 Å². The molecule has 0 spiro atoms. The number of nitrogens with one attached hydrogen (secondary N) is 2. The summed E-state index contributed by atoms with van der Waals surface area (Å²) in [5.74, 6) is -1.10. The highest BCUT2D eigenvalue weighted by molar-refractivity contribution is 6.07. The van der Waals surface area contributed by atoms with E-state index in [1.807, 2.05) is 6.92 Å². The van der Waals surface area contributed by atoms with Gasteiger partial charge in [0.1, 0.15) is 24.3 Å². The van der Waals surface area contributed by atoms with Gasteiger partial charge in [0.2, 0.25) is 11.8 Å². The standard InChI is InChI=1S/C17H18FN5O3/c1-2-3-4-11(9-18)10-20-14(13-5-6-26-23-13)7-12(19)17-21-15(24)8-16(25)22-17/h2-8,19-20H,9-10H2,1H3,(H2,21,22,24,25)/b3-2-,11-4+,14-7-,19-12?. The van der Waals surface area contributed by atoms with Crippen LogP contribution in [0.1, 0.15) is 18.4 Å². The van der Waals surface area contributed by atoms with Crippen LogP contribution in [0.4, 0.5) is 4.39 Å². The molecule has 2 aromatic heterocycles. The van der Waals surface area contributed by atoms with E-state index in [0.29, 0.717) is 17.0 Å². The number of nitrogens with zero attached hydrogens (tertiary/aromatic N) is 3. The third-order valence-corrected chi connectivity index (χ3v) is 3.14. The molecule has 0 saturated carbocycles. The molecule has 0 radical (unpaired) electrons. The first kappa shape index (κ1) is 18.8. The predicted octanol–water partition coefficient (Wildman–Crippen LogP) is 2.35. The summed E-state index contributed by atoms with van der Waals surface area (Å²) in [5, 5.41) is 33.7. The Morgan fingerprint density at radius 2 is 2.08 bits per heavy atom. The van der Waals surface area contributed by atoms with Crippen molar-refractivity contribution in [2.45, 2.75) is 6.92 Å². The molecule has 4 N–H and O–H groups in total. The summed E-state index contributed by atoms with van der Waals surface area (Å²) < 4.78 is 17.9. The molecular weight excluding hydrogens is 341 g/mol. The van der Waals surface area contributed by atoms with Crippen LogP contribution in [0.5, 0.6) is 11.8 Å². The molecule has 136 valence electrons. The zero-order valence-electron chi connectivity index (χ0n) is 14.0. The van der Waals surface area contributed by atoms with Crippen molar-refractivity contribution in [2.75, 3.05) is 13.2 Å². The van der Waals surface area contributed by atoms with Crippen LogP contribution in [0.3, 0.4) is 0 Å². The van der Waals surface area contributed by atoms with Crippen LogP contribution >= 0.6 is 0 Å². The first-order valence-electron chi connectivity index (χ1n) is 7.62. The van der Waals surface area contributed by atoms with Crippen molar-refractivity contribution >= 4 is 11.4 Å². The van der Waals surface area contributed by atoms with Gasteiger partial charge in [0.15, 0.2) is 5.82 Å². The fourth-order valence-electron chi connectivity index (χ4n) is 1.91. The molecule has 2 aromatic rings. The van der Waals surface area contributed by atoms with E-state index in [0.717, 1.165) is 6.07 Å². The Morgan fingerprint density at radius 1 is 1.35 bits per heavy atom.